The molecule has 5 heteroatoms. The maximum absolute atomic E-state index is 6.17. The molecule has 0 unspecified atom stereocenters. The first-order chi connectivity index (χ1) is 24.7. The zero-order chi connectivity index (χ0) is 33.0. The standard InChI is InChI=1S/C45H27N3O2/c1-3-9-41-35(7-1)37-21-19-32(25-44(37)50-41)28-11-15-30(16-12-28)39-26-40(33-20-22-43-38(24-33)36-8-2-4-10-42(36)49-43)48-45(47-39)31-17-13-29(14-18-31)34-6-5-23-46-27-34/h1-27H. The molecule has 6 aromatic carbocycles. The molecule has 4 aromatic heterocycles. The normalized spacial score (nSPS) is 11.6. The lowest BCUT2D eigenvalue weighted by atomic mass is 10.00. The molecule has 4 heterocycles. The number of rotatable bonds is 5. The van der Waals surface area contributed by atoms with Gasteiger partial charge in [-0.05, 0) is 76.9 Å². The number of benzene rings is 6. The monoisotopic (exact) mass is 641 g/mol. The van der Waals surface area contributed by atoms with Crippen LogP contribution < -0.4 is 0 Å². The van der Waals surface area contributed by atoms with E-state index in [1.165, 1.54) is 0 Å². The van der Waals surface area contributed by atoms with E-state index in [4.69, 9.17) is 18.8 Å². The molecule has 0 aliphatic rings. The van der Waals surface area contributed by atoms with Crippen LogP contribution in [0.1, 0.15) is 0 Å². The van der Waals surface area contributed by atoms with Gasteiger partial charge in [0.2, 0.25) is 0 Å². The zero-order valence-corrected chi connectivity index (χ0v) is 26.7. The van der Waals surface area contributed by atoms with Gasteiger partial charge < -0.3 is 8.83 Å². The van der Waals surface area contributed by atoms with E-state index in [-0.39, 0.29) is 0 Å². The maximum atomic E-state index is 6.17. The predicted octanol–water partition coefficient (Wildman–Crippen LogP) is 12.0. The highest BCUT2D eigenvalue weighted by Crippen LogP contribution is 2.36. The van der Waals surface area contributed by atoms with Crippen molar-refractivity contribution < 1.29 is 8.83 Å². The van der Waals surface area contributed by atoms with Gasteiger partial charge >= 0.3 is 0 Å². The molecule has 0 spiro atoms. The summed E-state index contributed by atoms with van der Waals surface area (Å²) < 4.78 is 12.3. The number of aromatic nitrogens is 3. The molecule has 0 aliphatic heterocycles. The number of hydrogen-bond acceptors (Lipinski definition) is 5. The third-order valence-corrected chi connectivity index (χ3v) is 9.43. The summed E-state index contributed by atoms with van der Waals surface area (Å²) in [4.78, 5) is 14.5. The quantitative estimate of drug-likeness (QED) is 0.187. The average molecular weight is 642 g/mol. The number of hydrogen-bond donors (Lipinski definition) is 0. The van der Waals surface area contributed by atoms with E-state index in [1.54, 1.807) is 6.20 Å². The van der Waals surface area contributed by atoms with Crippen LogP contribution in [0.15, 0.2) is 173 Å². The van der Waals surface area contributed by atoms with Crippen LogP contribution in [0.2, 0.25) is 0 Å². The fourth-order valence-corrected chi connectivity index (χ4v) is 6.84. The average Bonchev–Trinajstić information content (AvgIpc) is 3.76. The summed E-state index contributed by atoms with van der Waals surface area (Å²) in [6.45, 7) is 0. The molecular formula is C45H27N3O2. The highest BCUT2D eigenvalue weighted by molar-refractivity contribution is 6.07. The Morgan fingerprint density at radius 3 is 1.64 bits per heavy atom. The molecular weight excluding hydrogens is 615 g/mol. The van der Waals surface area contributed by atoms with E-state index >= 15 is 0 Å². The Kier molecular flexibility index (Phi) is 6.42. The number of para-hydroxylation sites is 2. The summed E-state index contributed by atoms with van der Waals surface area (Å²) in [5, 5.41) is 4.40. The molecule has 5 nitrogen and oxygen atoms in total. The molecule has 0 saturated carbocycles. The van der Waals surface area contributed by atoms with Gasteiger partial charge in [-0.15, -0.1) is 0 Å². The molecule has 0 radical (unpaired) electrons. The molecule has 0 N–H and O–H groups in total. The van der Waals surface area contributed by atoms with Crippen LogP contribution in [0.5, 0.6) is 0 Å². The van der Waals surface area contributed by atoms with Gasteiger partial charge in [-0.2, -0.15) is 0 Å². The summed E-state index contributed by atoms with van der Waals surface area (Å²) in [5.74, 6) is 0.659. The van der Waals surface area contributed by atoms with Gasteiger partial charge in [0.25, 0.3) is 0 Å². The Hall–Kier alpha value is -6.85. The second kappa shape index (κ2) is 11.4. The van der Waals surface area contributed by atoms with Gasteiger partial charge in [0.15, 0.2) is 5.82 Å². The van der Waals surface area contributed by atoms with Crippen LogP contribution in [0.3, 0.4) is 0 Å². The highest BCUT2D eigenvalue weighted by Gasteiger charge is 2.15. The summed E-state index contributed by atoms with van der Waals surface area (Å²) in [6, 6.07) is 52.0. The minimum atomic E-state index is 0.659. The summed E-state index contributed by atoms with van der Waals surface area (Å²) in [7, 11) is 0. The van der Waals surface area contributed by atoms with Gasteiger partial charge in [0, 0.05) is 50.6 Å². The lowest BCUT2D eigenvalue weighted by Gasteiger charge is -2.11. The molecule has 0 saturated heterocycles. The van der Waals surface area contributed by atoms with Crippen LogP contribution in [-0.4, -0.2) is 15.0 Å². The Bertz CT molecular complexity index is 2850. The van der Waals surface area contributed by atoms with Crippen molar-refractivity contribution >= 4 is 43.9 Å². The van der Waals surface area contributed by atoms with E-state index < -0.39 is 0 Å². The van der Waals surface area contributed by atoms with Gasteiger partial charge in [0.1, 0.15) is 22.3 Å². The first-order valence-corrected chi connectivity index (χ1v) is 16.6. The minimum Gasteiger partial charge on any atom is -0.456 e. The second-order valence-electron chi connectivity index (χ2n) is 12.5. The van der Waals surface area contributed by atoms with Crippen LogP contribution in [0.25, 0.3) is 100 Å². The molecule has 10 aromatic rings. The molecule has 50 heavy (non-hydrogen) atoms. The van der Waals surface area contributed by atoms with Crippen molar-refractivity contribution in [3.8, 4) is 56.2 Å². The molecule has 0 atom stereocenters. The summed E-state index contributed by atoms with van der Waals surface area (Å²) in [6.07, 6.45) is 3.66. The molecule has 0 bridgehead atoms. The van der Waals surface area contributed by atoms with Crippen molar-refractivity contribution in [3.05, 3.63) is 164 Å². The topological polar surface area (TPSA) is 65.0 Å². The van der Waals surface area contributed by atoms with E-state index in [2.05, 4.69) is 108 Å². The summed E-state index contributed by atoms with van der Waals surface area (Å²) in [5.41, 5.74) is 12.5. The first-order valence-electron chi connectivity index (χ1n) is 16.6. The van der Waals surface area contributed by atoms with E-state index in [0.29, 0.717) is 5.82 Å². The van der Waals surface area contributed by atoms with Crippen molar-refractivity contribution in [2.24, 2.45) is 0 Å². The SMILES string of the molecule is c1cncc(-c2ccc(-c3nc(-c4ccc(-c5ccc6c(c5)oc5ccccc56)cc4)cc(-c4ccc5oc6ccccc6c5c4)n3)cc2)c1. The Balaban J connectivity index is 1.07. The minimum absolute atomic E-state index is 0.659. The van der Waals surface area contributed by atoms with Crippen LogP contribution in [-0.2, 0) is 0 Å². The number of furan rings is 2. The van der Waals surface area contributed by atoms with Crippen molar-refractivity contribution in [2.75, 3.05) is 0 Å². The molecule has 0 amide bonds. The molecule has 0 aliphatic carbocycles. The van der Waals surface area contributed by atoms with Gasteiger partial charge in [0.05, 0.1) is 11.4 Å². The molecule has 10 rings (SSSR count). The summed E-state index contributed by atoms with van der Waals surface area (Å²) >= 11 is 0. The molecule has 0 fully saturated rings. The van der Waals surface area contributed by atoms with E-state index in [9.17, 15) is 0 Å². The van der Waals surface area contributed by atoms with Crippen LogP contribution in [0, 0.1) is 0 Å². The number of fused-ring (bicyclic) bond motifs is 6. The Labute approximate surface area is 287 Å². The first kappa shape index (κ1) is 28.2. The highest BCUT2D eigenvalue weighted by atomic mass is 16.3. The smallest absolute Gasteiger partial charge is 0.160 e. The Morgan fingerprint density at radius 2 is 0.900 bits per heavy atom. The second-order valence-corrected chi connectivity index (χ2v) is 12.5. The fraction of sp³-hybridized carbons (Fsp3) is 0. The van der Waals surface area contributed by atoms with E-state index in [1.807, 2.05) is 54.7 Å². The van der Waals surface area contributed by atoms with Gasteiger partial charge in [-0.1, -0.05) is 97.1 Å². The Morgan fingerprint density at radius 1 is 0.340 bits per heavy atom. The third kappa shape index (κ3) is 4.83. The third-order valence-electron chi connectivity index (χ3n) is 9.43. The van der Waals surface area contributed by atoms with Crippen LogP contribution >= 0.6 is 0 Å². The lowest BCUT2D eigenvalue weighted by Crippen LogP contribution is -1.96. The molecule has 234 valence electrons. The maximum Gasteiger partial charge on any atom is 0.160 e. The fourth-order valence-electron chi connectivity index (χ4n) is 6.84. The number of pyridine rings is 1. The predicted molar refractivity (Wildman–Crippen MR) is 202 cm³/mol. The van der Waals surface area contributed by atoms with Crippen molar-refractivity contribution in [2.45, 2.75) is 0 Å². The van der Waals surface area contributed by atoms with Crippen molar-refractivity contribution in [1.82, 2.24) is 15.0 Å². The van der Waals surface area contributed by atoms with Crippen LogP contribution in [0.4, 0.5) is 0 Å². The van der Waals surface area contributed by atoms with Crippen molar-refractivity contribution in [3.63, 3.8) is 0 Å². The largest absolute Gasteiger partial charge is 0.456 e. The lowest BCUT2D eigenvalue weighted by molar-refractivity contribution is 0.668. The van der Waals surface area contributed by atoms with Gasteiger partial charge in [-0.3, -0.25) is 4.98 Å². The van der Waals surface area contributed by atoms with E-state index in [0.717, 1.165) is 94.2 Å². The zero-order valence-electron chi connectivity index (χ0n) is 26.7. The van der Waals surface area contributed by atoms with Gasteiger partial charge in [-0.25, -0.2) is 9.97 Å². The van der Waals surface area contributed by atoms with Crippen molar-refractivity contribution in [1.29, 1.82) is 0 Å². The number of nitrogens with zero attached hydrogens (tertiary/aromatic N) is 3.